The molecule has 6 heteroatoms. The van der Waals surface area contributed by atoms with Crippen molar-refractivity contribution in [3.63, 3.8) is 0 Å². The Hall–Kier alpha value is -1.72. The minimum Gasteiger partial charge on any atom is -0.248 e. The Balaban J connectivity index is 1.83. The second-order valence-corrected chi connectivity index (χ2v) is 6.31. The summed E-state index contributed by atoms with van der Waals surface area (Å²) in [5, 5.41) is 2.65. The Kier molecular flexibility index (Phi) is 4.50. The topological polar surface area (TPSA) is 12.9 Å². The van der Waals surface area contributed by atoms with E-state index in [9.17, 15) is 13.2 Å². The second-order valence-electron chi connectivity index (χ2n) is 4.94. The van der Waals surface area contributed by atoms with Crippen LogP contribution in [0.5, 0.6) is 0 Å². The lowest BCUT2D eigenvalue weighted by molar-refractivity contribution is -0.137. The number of hydrogen-bond acceptors (Lipinski definition) is 2. The molecule has 0 spiro atoms. The van der Waals surface area contributed by atoms with Gasteiger partial charge in [-0.2, -0.15) is 13.2 Å². The Morgan fingerprint density at radius 2 is 1.78 bits per heavy atom. The van der Waals surface area contributed by atoms with Crippen molar-refractivity contribution in [2.24, 2.45) is 0 Å². The Bertz CT molecular complexity index is 843. The van der Waals surface area contributed by atoms with Gasteiger partial charge in [-0.3, -0.25) is 0 Å². The molecule has 23 heavy (non-hydrogen) atoms. The van der Waals surface area contributed by atoms with Gasteiger partial charge in [0.2, 0.25) is 0 Å². The number of halogens is 4. The molecule has 0 unspecified atom stereocenters. The first-order chi connectivity index (χ1) is 10.9. The van der Waals surface area contributed by atoms with E-state index < -0.39 is 11.7 Å². The first-order valence-electron chi connectivity index (χ1n) is 6.77. The molecule has 0 saturated carbocycles. The zero-order chi connectivity index (χ0) is 16.4. The van der Waals surface area contributed by atoms with Crippen molar-refractivity contribution in [1.29, 1.82) is 0 Å². The highest BCUT2D eigenvalue weighted by molar-refractivity contribution is 7.98. The molecule has 0 radical (unpaired) electrons. The Morgan fingerprint density at radius 3 is 2.52 bits per heavy atom. The van der Waals surface area contributed by atoms with Gasteiger partial charge in [0.05, 0.1) is 10.6 Å². The van der Waals surface area contributed by atoms with Crippen molar-refractivity contribution in [2.75, 3.05) is 0 Å². The maximum absolute atomic E-state index is 12.6. The average Bonchev–Trinajstić information content (AvgIpc) is 2.53. The van der Waals surface area contributed by atoms with Gasteiger partial charge in [0.25, 0.3) is 0 Å². The second kappa shape index (κ2) is 6.42. The predicted octanol–water partition coefficient (Wildman–Crippen LogP) is 6.20. The van der Waals surface area contributed by atoms with E-state index >= 15 is 0 Å². The van der Waals surface area contributed by atoms with Gasteiger partial charge in [-0.1, -0.05) is 54.1 Å². The maximum atomic E-state index is 12.6. The van der Waals surface area contributed by atoms with Gasteiger partial charge in [0.15, 0.2) is 0 Å². The third-order valence-corrected chi connectivity index (χ3v) is 4.83. The van der Waals surface area contributed by atoms with Crippen molar-refractivity contribution in [2.45, 2.75) is 17.0 Å². The summed E-state index contributed by atoms with van der Waals surface area (Å²) in [6.07, 6.45) is -3.62. The van der Waals surface area contributed by atoms with Crippen LogP contribution < -0.4 is 0 Å². The van der Waals surface area contributed by atoms with Crippen molar-refractivity contribution in [1.82, 2.24) is 4.98 Å². The van der Waals surface area contributed by atoms with E-state index in [-0.39, 0.29) is 5.02 Å². The maximum Gasteiger partial charge on any atom is 0.417 e. The van der Waals surface area contributed by atoms with Crippen LogP contribution in [0.15, 0.2) is 59.8 Å². The molecule has 1 nitrogen and oxygen atoms in total. The quantitative estimate of drug-likeness (QED) is 0.520. The monoisotopic (exact) mass is 353 g/mol. The molecular weight excluding hydrogens is 343 g/mol. The van der Waals surface area contributed by atoms with Crippen molar-refractivity contribution < 1.29 is 13.2 Å². The number of pyridine rings is 1. The van der Waals surface area contributed by atoms with E-state index in [1.54, 1.807) is 0 Å². The van der Waals surface area contributed by atoms with Crippen LogP contribution in [0.1, 0.15) is 11.1 Å². The number of thioether (sulfide) groups is 1. The minimum absolute atomic E-state index is 0.0186. The SMILES string of the molecule is FC(F)(F)c1cnc(SCc2cccc3ccccc23)c(Cl)c1. The molecule has 2 aromatic carbocycles. The Morgan fingerprint density at radius 1 is 1.04 bits per heavy atom. The predicted molar refractivity (Wildman–Crippen MR) is 87.8 cm³/mol. The van der Waals surface area contributed by atoms with Crippen molar-refractivity contribution >= 4 is 34.1 Å². The lowest BCUT2D eigenvalue weighted by Gasteiger charge is -2.10. The van der Waals surface area contributed by atoms with E-state index in [0.717, 1.165) is 28.6 Å². The fraction of sp³-hybridized carbons (Fsp3) is 0.118. The van der Waals surface area contributed by atoms with Crippen LogP contribution in [0.3, 0.4) is 0 Å². The van der Waals surface area contributed by atoms with Gasteiger partial charge in [-0.25, -0.2) is 4.98 Å². The minimum atomic E-state index is -4.44. The third-order valence-electron chi connectivity index (χ3n) is 3.38. The summed E-state index contributed by atoms with van der Waals surface area (Å²) < 4.78 is 37.9. The average molecular weight is 354 g/mol. The van der Waals surface area contributed by atoms with Crippen LogP contribution >= 0.6 is 23.4 Å². The highest BCUT2D eigenvalue weighted by Crippen LogP contribution is 2.35. The van der Waals surface area contributed by atoms with E-state index in [1.165, 1.54) is 11.8 Å². The van der Waals surface area contributed by atoms with Crippen LogP contribution in [-0.4, -0.2) is 4.98 Å². The molecule has 0 atom stereocenters. The van der Waals surface area contributed by atoms with Crippen molar-refractivity contribution in [3.8, 4) is 0 Å². The highest BCUT2D eigenvalue weighted by atomic mass is 35.5. The smallest absolute Gasteiger partial charge is 0.248 e. The van der Waals surface area contributed by atoms with Gasteiger partial charge < -0.3 is 0 Å². The molecule has 0 fully saturated rings. The number of aromatic nitrogens is 1. The van der Waals surface area contributed by atoms with Gasteiger partial charge in [0, 0.05) is 11.9 Å². The molecule has 118 valence electrons. The van der Waals surface area contributed by atoms with Gasteiger partial charge in [-0.05, 0) is 22.4 Å². The molecule has 0 bridgehead atoms. The Labute approximate surface area is 140 Å². The summed E-state index contributed by atoms with van der Waals surface area (Å²) in [6, 6.07) is 14.9. The van der Waals surface area contributed by atoms with Crippen molar-refractivity contribution in [3.05, 3.63) is 70.9 Å². The fourth-order valence-electron chi connectivity index (χ4n) is 2.25. The summed E-state index contributed by atoms with van der Waals surface area (Å²) >= 11 is 7.26. The number of fused-ring (bicyclic) bond motifs is 1. The van der Waals surface area contributed by atoms with E-state index in [0.29, 0.717) is 10.8 Å². The molecule has 3 rings (SSSR count). The molecule has 0 aliphatic carbocycles. The van der Waals surface area contributed by atoms with Gasteiger partial charge in [0.1, 0.15) is 5.03 Å². The number of rotatable bonds is 3. The first-order valence-corrected chi connectivity index (χ1v) is 8.14. The summed E-state index contributed by atoms with van der Waals surface area (Å²) in [4.78, 5) is 3.85. The number of benzene rings is 2. The molecule has 3 aromatic rings. The van der Waals surface area contributed by atoms with E-state index in [1.807, 2.05) is 42.5 Å². The molecule has 1 aromatic heterocycles. The fourth-order valence-corrected chi connectivity index (χ4v) is 3.45. The normalized spacial score (nSPS) is 11.8. The molecule has 0 aliphatic heterocycles. The summed E-state index contributed by atoms with van der Waals surface area (Å²) in [7, 11) is 0. The molecule has 0 amide bonds. The summed E-state index contributed by atoms with van der Waals surface area (Å²) in [6.45, 7) is 0. The number of alkyl halides is 3. The third kappa shape index (κ3) is 3.62. The lowest BCUT2D eigenvalue weighted by atomic mass is 10.1. The zero-order valence-corrected chi connectivity index (χ0v) is 13.3. The zero-order valence-electron chi connectivity index (χ0n) is 11.8. The lowest BCUT2D eigenvalue weighted by Crippen LogP contribution is -2.05. The summed E-state index contributed by atoms with van der Waals surface area (Å²) in [5.74, 6) is 0.583. The summed E-state index contributed by atoms with van der Waals surface area (Å²) in [5.41, 5.74) is 0.253. The van der Waals surface area contributed by atoms with Crippen LogP contribution in [0.4, 0.5) is 13.2 Å². The molecule has 0 saturated heterocycles. The molecule has 0 aliphatic rings. The van der Waals surface area contributed by atoms with Crippen LogP contribution in [0.25, 0.3) is 10.8 Å². The van der Waals surface area contributed by atoms with E-state index in [2.05, 4.69) is 4.98 Å². The standard InChI is InChI=1S/C17H11ClF3NS/c18-15-8-13(17(19,20)21)9-22-16(15)23-10-12-6-3-5-11-4-1-2-7-14(11)12/h1-9H,10H2. The first kappa shape index (κ1) is 16.1. The molecular formula is C17H11ClF3NS. The molecule has 1 heterocycles. The van der Waals surface area contributed by atoms with Gasteiger partial charge in [-0.15, -0.1) is 11.8 Å². The molecule has 0 N–H and O–H groups in total. The van der Waals surface area contributed by atoms with Gasteiger partial charge >= 0.3 is 6.18 Å². The number of hydrogen-bond donors (Lipinski definition) is 0. The number of nitrogens with zero attached hydrogens (tertiary/aromatic N) is 1. The van der Waals surface area contributed by atoms with Crippen LogP contribution in [0.2, 0.25) is 5.02 Å². The highest BCUT2D eigenvalue weighted by Gasteiger charge is 2.31. The van der Waals surface area contributed by atoms with Crippen LogP contribution in [-0.2, 0) is 11.9 Å². The largest absolute Gasteiger partial charge is 0.417 e. The van der Waals surface area contributed by atoms with E-state index in [4.69, 9.17) is 11.6 Å². The van der Waals surface area contributed by atoms with Crippen LogP contribution in [0, 0.1) is 0 Å².